The molecule has 2 saturated heterocycles. The standard InChI is InChI=1S/C28H39N5/c1-20-7-13-33(14-8-20)19-23-15-25(18-30-17-23)24-6-5-21(2)27(16-24)28(29)22(3)31-26-9-11-32(4)12-10-26/h5-6,15-18,20,26,29,31H,3,7-14,19H2,1-2,4H3. The first-order valence-electron chi connectivity index (χ1n) is 12.4. The fourth-order valence-electron chi connectivity index (χ4n) is 4.92. The monoisotopic (exact) mass is 445 g/mol. The first-order valence-corrected chi connectivity index (χ1v) is 12.4. The van der Waals surface area contributed by atoms with E-state index < -0.39 is 0 Å². The summed E-state index contributed by atoms with van der Waals surface area (Å²) in [7, 11) is 2.17. The molecule has 1 aromatic heterocycles. The van der Waals surface area contributed by atoms with E-state index in [0.29, 0.717) is 11.8 Å². The average molecular weight is 446 g/mol. The Labute approximate surface area is 199 Å². The van der Waals surface area contributed by atoms with Gasteiger partial charge in [0.1, 0.15) is 0 Å². The molecule has 2 N–H and O–H groups in total. The number of rotatable bonds is 7. The Balaban J connectivity index is 1.46. The smallest absolute Gasteiger partial charge is 0.0840 e. The Morgan fingerprint density at radius 3 is 2.52 bits per heavy atom. The van der Waals surface area contributed by atoms with Crippen molar-refractivity contribution in [1.82, 2.24) is 20.1 Å². The van der Waals surface area contributed by atoms with E-state index in [2.05, 4.69) is 71.8 Å². The number of aromatic nitrogens is 1. The molecule has 0 atom stereocenters. The van der Waals surface area contributed by atoms with Crippen molar-refractivity contribution in [2.45, 2.75) is 52.1 Å². The quantitative estimate of drug-likeness (QED) is 0.598. The second kappa shape index (κ2) is 10.6. The van der Waals surface area contributed by atoms with Gasteiger partial charge in [-0.05, 0) is 101 Å². The average Bonchev–Trinajstić information content (AvgIpc) is 2.82. The molecule has 2 aliphatic heterocycles. The fraction of sp³-hybridized carbons (Fsp3) is 0.500. The number of allylic oxidation sites excluding steroid dienone is 1. The lowest BCUT2D eigenvalue weighted by molar-refractivity contribution is 0.185. The van der Waals surface area contributed by atoms with E-state index in [1.165, 1.54) is 31.5 Å². The molecule has 2 aliphatic rings. The molecular formula is C28H39N5. The molecule has 33 heavy (non-hydrogen) atoms. The maximum absolute atomic E-state index is 8.83. The van der Waals surface area contributed by atoms with Crippen LogP contribution in [-0.4, -0.2) is 59.8 Å². The van der Waals surface area contributed by atoms with E-state index in [9.17, 15) is 0 Å². The van der Waals surface area contributed by atoms with E-state index >= 15 is 0 Å². The van der Waals surface area contributed by atoms with E-state index in [1.807, 2.05) is 12.4 Å². The molecule has 0 amide bonds. The molecule has 0 spiro atoms. The first-order chi connectivity index (χ1) is 15.9. The topological polar surface area (TPSA) is 55.3 Å². The van der Waals surface area contributed by atoms with Crippen LogP contribution in [0.1, 0.15) is 49.3 Å². The van der Waals surface area contributed by atoms with Crippen LogP contribution in [0, 0.1) is 18.3 Å². The van der Waals surface area contributed by atoms with Crippen LogP contribution in [0.4, 0.5) is 0 Å². The molecule has 0 saturated carbocycles. The molecule has 2 fully saturated rings. The summed E-state index contributed by atoms with van der Waals surface area (Å²) >= 11 is 0. The van der Waals surface area contributed by atoms with Gasteiger partial charge in [0.2, 0.25) is 0 Å². The van der Waals surface area contributed by atoms with Gasteiger partial charge in [0.15, 0.2) is 0 Å². The SMILES string of the molecule is C=C(NC1CCN(C)CC1)C(=N)c1cc(-c2cncc(CN3CCC(C)CC3)c2)ccc1C. The number of hydrogen-bond donors (Lipinski definition) is 2. The van der Waals surface area contributed by atoms with Gasteiger partial charge in [0, 0.05) is 36.1 Å². The number of nitrogens with zero attached hydrogens (tertiary/aromatic N) is 3. The zero-order chi connectivity index (χ0) is 23.4. The maximum Gasteiger partial charge on any atom is 0.0840 e. The van der Waals surface area contributed by atoms with Gasteiger partial charge in [0.05, 0.1) is 11.4 Å². The third-order valence-corrected chi connectivity index (χ3v) is 7.32. The van der Waals surface area contributed by atoms with Crippen LogP contribution < -0.4 is 5.32 Å². The normalized spacial score (nSPS) is 18.9. The highest BCUT2D eigenvalue weighted by Crippen LogP contribution is 2.25. The largest absolute Gasteiger partial charge is 0.381 e. The lowest BCUT2D eigenvalue weighted by Gasteiger charge is -2.31. The summed E-state index contributed by atoms with van der Waals surface area (Å²) in [4.78, 5) is 9.44. The number of nitrogens with one attached hydrogen (secondary N) is 2. The third-order valence-electron chi connectivity index (χ3n) is 7.32. The minimum Gasteiger partial charge on any atom is -0.381 e. The second-order valence-corrected chi connectivity index (χ2v) is 10.1. The maximum atomic E-state index is 8.83. The number of benzene rings is 1. The summed E-state index contributed by atoms with van der Waals surface area (Å²) in [5.74, 6) is 0.843. The lowest BCUT2D eigenvalue weighted by Crippen LogP contribution is -2.41. The minimum atomic E-state index is 0.399. The lowest BCUT2D eigenvalue weighted by atomic mass is 9.95. The van der Waals surface area contributed by atoms with Crippen molar-refractivity contribution in [3.63, 3.8) is 0 Å². The number of piperidine rings is 2. The molecule has 3 heterocycles. The van der Waals surface area contributed by atoms with Gasteiger partial charge in [-0.2, -0.15) is 0 Å². The van der Waals surface area contributed by atoms with Crippen LogP contribution in [0.5, 0.6) is 0 Å². The molecular weight excluding hydrogens is 406 g/mol. The zero-order valence-corrected chi connectivity index (χ0v) is 20.5. The molecule has 1 aromatic carbocycles. The van der Waals surface area contributed by atoms with Gasteiger partial charge in [-0.1, -0.05) is 25.6 Å². The van der Waals surface area contributed by atoms with Crippen molar-refractivity contribution in [1.29, 1.82) is 5.41 Å². The fourth-order valence-corrected chi connectivity index (χ4v) is 4.92. The van der Waals surface area contributed by atoms with Gasteiger partial charge in [-0.15, -0.1) is 0 Å². The van der Waals surface area contributed by atoms with Gasteiger partial charge in [-0.3, -0.25) is 15.3 Å². The van der Waals surface area contributed by atoms with Crippen LogP contribution in [0.25, 0.3) is 11.1 Å². The van der Waals surface area contributed by atoms with E-state index in [-0.39, 0.29) is 0 Å². The molecule has 0 bridgehead atoms. The Kier molecular flexibility index (Phi) is 7.61. The summed E-state index contributed by atoms with van der Waals surface area (Å²) in [6, 6.07) is 9.04. The minimum absolute atomic E-state index is 0.399. The second-order valence-electron chi connectivity index (χ2n) is 10.1. The van der Waals surface area contributed by atoms with Crippen molar-refractivity contribution in [3.05, 3.63) is 65.6 Å². The van der Waals surface area contributed by atoms with Crippen LogP contribution >= 0.6 is 0 Å². The van der Waals surface area contributed by atoms with Crippen molar-refractivity contribution in [2.24, 2.45) is 5.92 Å². The number of hydrogen-bond acceptors (Lipinski definition) is 5. The predicted molar refractivity (Wildman–Crippen MR) is 138 cm³/mol. The Hall–Kier alpha value is -2.50. The van der Waals surface area contributed by atoms with Crippen molar-refractivity contribution in [2.75, 3.05) is 33.2 Å². The highest BCUT2D eigenvalue weighted by molar-refractivity contribution is 6.11. The van der Waals surface area contributed by atoms with Gasteiger partial charge in [-0.25, -0.2) is 0 Å². The molecule has 0 unspecified atom stereocenters. The summed E-state index contributed by atoms with van der Waals surface area (Å²) in [5.41, 5.74) is 6.72. The number of likely N-dealkylation sites (tertiary alicyclic amines) is 2. The van der Waals surface area contributed by atoms with Crippen molar-refractivity contribution < 1.29 is 0 Å². The number of pyridine rings is 1. The highest BCUT2D eigenvalue weighted by atomic mass is 15.1. The van der Waals surface area contributed by atoms with Crippen molar-refractivity contribution in [3.8, 4) is 11.1 Å². The summed E-state index contributed by atoms with van der Waals surface area (Å²) in [5, 5.41) is 12.3. The Morgan fingerprint density at radius 2 is 1.79 bits per heavy atom. The molecule has 176 valence electrons. The first kappa shape index (κ1) is 23.7. The molecule has 5 nitrogen and oxygen atoms in total. The van der Waals surface area contributed by atoms with Crippen LogP contribution in [0.15, 0.2) is 48.9 Å². The molecule has 0 radical (unpaired) electrons. The van der Waals surface area contributed by atoms with Gasteiger partial charge in [0.25, 0.3) is 0 Å². The summed E-state index contributed by atoms with van der Waals surface area (Å²) < 4.78 is 0. The number of aryl methyl sites for hydroxylation is 1. The van der Waals surface area contributed by atoms with Gasteiger partial charge < -0.3 is 10.2 Å². The Bertz CT molecular complexity index is 982. The highest BCUT2D eigenvalue weighted by Gasteiger charge is 2.19. The van der Waals surface area contributed by atoms with Crippen LogP contribution in [0.2, 0.25) is 0 Å². The third kappa shape index (κ3) is 6.10. The molecule has 2 aromatic rings. The van der Waals surface area contributed by atoms with E-state index in [4.69, 9.17) is 5.41 Å². The van der Waals surface area contributed by atoms with Gasteiger partial charge >= 0.3 is 0 Å². The summed E-state index contributed by atoms with van der Waals surface area (Å²) in [6.07, 6.45) is 8.68. The van der Waals surface area contributed by atoms with E-state index in [0.717, 1.165) is 66.3 Å². The molecule has 5 heteroatoms. The van der Waals surface area contributed by atoms with E-state index in [1.54, 1.807) is 0 Å². The Morgan fingerprint density at radius 1 is 1.06 bits per heavy atom. The van der Waals surface area contributed by atoms with Crippen LogP contribution in [-0.2, 0) is 6.54 Å². The molecule has 4 rings (SSSR count). The zero-order valence-electron chi connectivity index (χ0n) is 20.5. The van der Waals surface area contributed by atoms with Crippen molar-refractivity contribution >= 4 is 5.71 Å². The summed E-state index contributed by atoms with van der Waals surface area (Å²) in [6.45, 7) is 14.1. The molecule has 0 aliphatic carbocycles. The van der Waals surface area contributed by atoms with Crippen LogP contribution in [0.3, 0.4) is 0 Å². The predicted octanol–water partition coefficient (Wildman–Crippen LogP) is 4.85.